The first kappa shape index (κ1) is 12.7. The summed E-state index contributed by atoms with van der Waals surface area (Å²) in [6.45, 7) is 3.14. The predicted molar refractivity (Wildman–Crippen MR) is 78.8 cm³/mol. The molecule has 3 unspecified atom stereocenters. The second kappa shape index (κ2) is 4.99. The van der Waals surface area contributed by atoms with E-state index in [0.717, 1.165) is 47.4 Å². The van der Waals surface area contributed by atoms with Crippen molar-refractivity contribution in [3.8, 4) is 0 Å². The number of hydrogen-bond donors (Lipinski definition) is 0. The van der Waals surface area contributed by atoms with Gasteiger partial charge in [-0.2, -0.15) is 0 Å². The van der Waals surface area contributed by atoms with Crippen LogP contribution in [0.25, 0.3) is 0 Å². The van der Waals surface area contributed by atoms with E-state index in [1.54, 1.807) is 0 Å². The van der Waals surface area contributed by atoms with Gasteiger partial charge in [0, 0.05) is 24.8 Å². The first-order valence-corrected chi connectivity index (χ1v) is 7.44. The lowest BCUT2D eigenvalue weighted by Crippen LogP contribution is -2.29. The van der Waals surface area contributed by atoms with E-state index in [4.69, 9.17) is 0 Å². The van der Waals surface area contributed by atoms with Gasteiger partial charge in [-0.3, -0.25) is 4.79 Å². The molecule has 0 saturated heterocycles. The number of carbonyl (C=O) groups excluding carboxylic acids is 1. The Morgan fingerprint density at radius 3 is 2.79 bits per heavy atom. The number of anilines is 1. The van der Waals surface area contributed by atoms with Crippen LogP contribution in [0.4, 0.5) is 5.69 Å². The molecule has 19 heavy (non-hydrogen) atoms. The summed E-state index contributed by atoms with van der Waals surface area (Å²) in [5.74, 6) is 2.77. The summed E-state index contributed by atoms with van der Waals surface area (Å²) in [7, 11) is 2.13. The van der Waals surface area contributed by atoms with Crippen molar-refractivity contribution in [2.24, 2.45) is 17.8 Å². The summed E-state index contributed by atoms with van der Waals surface area (Å²) < 4.78 is 0. The van der Waals surface area contributed by atoms with E-state index in [0.29, 0.717) is 0 Å². The molecule has 2 fully saturated rings. The summed E-state index contributed by atoms with van der Waals surface area (Å²) in [6.07, 6.45) is 6.72. The van der Waals surface area contributed by atoms with Crippen LogP contribution >= 0.6 is 0 Å². The van der Waals surface area contributed by atoms with Gasteiger partial charge in [0.2, 0.25) is 0 Å². The number of nitrogens with zero attached hydrogens (tertiary/aromatic N) is 1. The molecule has 1 aromatic carbocycles. The van der Waals surface area contributed by atoms with Crippen molar-refractivity contribution in [2.45, 2.75) is 32.6 Å². The molecule has 1 aromatic rings. The average molecular weight is 257 g/mol. The highest BCUT2D eigenvalue weighted by Gasteiger charge is 2.39. The van der Waals surface area contributed by atoms with Gasteiger partial charge in [-0.25, -0.2) is 0 Å². The molecular formula is C17H23NO. The molecule has 0 amide bonds. The Labute approximate surface area is 115 Å². The number of rotatable bonds is 4. The van der Waals surface area contributed by atoms with Gasteiger partial charge in [0.05, 0.1) is 0 Å². The highest BCUT2D eigenvalue weighted by atomic mass is 16.1. The van der Waals surface area contributed by atoms with Gasteiger partial charge in [-0.15, -0.1) is 0 Å². The molecule has 0 N–H and O–H groups in total. The van der Waals surface area contributed by atoms with E-state index in [9.17, 15) is 4.79 Å². The van der Waals surface area contributed by atoms with E-state index < -0.39 is 0 Å². The van der Waals surface area contributed by atoms with Crippen molar-refractivity contribution in [1.29, 1.82) is 0 Å². The van der Waals surface area contributed by atoms with Crippen LogP contribution in [0, 0.1) is 24.7 Å². The second-order valence-corrected chi connectivity index (χ2v) is 6.50. The molecule has 2 bridgehead atoms. The van der Waals surface area contributed by atoms with Crippen molar-refractivity contribution in [2.75, 3.05) is 18.5 Å². The fourth-order valence-electron chi connectivity index (χ4n) is 4.17. The smallest absolute Gasteiger partial charge is 0.152 e. The fourth-order valence-corrected chi connectivity index (χ4v) is 4.17. The van der Waals surface area contributed by atoms with Crippen LogP contribution in [-0.2, 0) is 0 Å². The maximum absolute atomic E-state index is 11.2. The quantitative estimate of drug-likeness (QED) is 0.767. The zero-order chi connectivity index (χ0) is 13.4. The molecular weight excluding hydrogens is 234 g/mol. The van der Waals surface area contributed by atoms with Gasteiger partial charge in [0.15, 0.2) is 6.29 Å². The Hall–Kier alpha value is -1.31. The van der Waals surface area contributed by atoms with Crippen LogP contribution in [0.15, 0.2) is 18.2 Å². The second-order valence-electron chi connectivity index (χ2n) is 6.50. The number of carbonyl (C=O) groups is 1. The van der Waals surface area contributed by atoms with Crippen LogP contribution in [0.1, 0.15) is 41.6 Å². The van der Waals surface area contributed by atoms with E-state index in [1.807, 2.05) is 13.0 Å². The summed E-state index contributed by atoms with van der Waals surface area (Å²) >= 11 is 0. The number of aryl methyl sites for hydroxylation is 1. The van der Waals surface area contributed by atoms with E-state index in [-0.39, 0.29) is 0 Å². The van der Waals surface area contributed by atoms with Gasteiger partial charge < -0.3 is 4.90 Å². The van der Waals surface area contributed by atoms with Crippen molar-refractivity contribution in [3.05, 3.63) is 29.3 Å². The Morgan fingerprint density at radius 2 is 2.16 bits per heavy atom. The minimum atomic E-state index is 0.825. The van der Waals surface area contributed by atoms with E-state index in [2.05, 4.69) is 24.1 Å². The summed E-state index contributed by atoms with van der Waals surface area (Å²) in [6, 6.07) is 6.17. The van der Waals surface area contributed by atoms with Gasteiger partial charge >= 0.3 is 0 Å². The van der Waals surface area contributed by atoms with E-state index >= 15 is 0 Å². The Balaban J connectivity index is 1.73. The van der Waals surface area contributed by atoms with Gasteiger partial charge in [-0.1, -0.05) is 18.1 Å². The number of fused-ring (bicyclic) bond motifs is 2. The third kappa shape index (κ3) is 2.41. The SMILES string of the molecule is Cc1ccc(N(C)CC2CC3CCC2C3)c(C=O)c1. The maximum Gasteiger partial charge on any atom is 0.152 e. The molecule has 2 heteroatoms. The largest absolute Gasteiger partial charge is 0.374 e. The molecule has 2 aliphatic carbocycles. The minimum Gasteiger partial charge on any atom is -0.374 e. The molecule has 3 atom stereocenters. The molecule has 0 radical (unpaired) electrons. The van der Waals surface area contributed by atoms with Crippen LogP contribution in [0.2, 0.25) is 0 Å². The van der Waals surface area contributed by atoms with Crippen molar-refractivity contribution in [3.63, 3.8) is 0 Å². The lowest BCUT2D eigenvalue weighted by molar-refractivity contribution is 0.112. The standard InChI is InChI=1S/C17H23NO/c1-12-3-6-17(16(7-12)11-19)18(2)10-15-9-13-4-5-14(15)8-13/h3,6-7,11,13-15H,4-5,8-10H2,1-2H3. The van der Waals surface area contributed by atoms with Gasteiger partial charge in [-0.05, 0) is 56.1 Å². The zero-order valence-corrected chi connectivity index (χ0v) is 11.9. The number of benzene rings is 1. The van der Waals surface area contributed by atoms with Gasteiger partial charge in [0.1, 0.15) is 0 Å². The van der Waals surface area contributed by atoms with Crippen LogP contribution in [-0.4, -0.2) is 19.9 Å². The summed E-state index contributed by atoms with van der Waals surface area (Å²) in [5.41, 5.74) is 3.06. The topological polar surface area (TPSA) is 20.3 Å². The molecule has 2 nitrogen and oxygen atoms in total. The minimum absolute atomic E-state index is 0.825. The third-order valence-corrected chi connectivity index (χ3v) is 5.11. The van der Waals surface area contributed by atoms with Crippen molar-refractivity contribution < 1.29 is 4.79 Å². The predicted octanol–water partition coefficient (Wildman–Crippen LogP) is 3.68. The summed E-state index contributed by atoms with van der Waals surface area (Å²) in [4.78, 5) is 13.5. The monoisotopic (exact) mass is 257 g/mol. The van der Waals surface area contributed by atoms with Crippen LogP contribution in [0.5, 0.6) is 0 Å². The highest BCUT2D eigenvalue weighted by molar-refractivity contribution is 5.84. The Morgan fingerprint density at radius 1 is 1.32 bits per heavy atom. The molecule has 0 aromatic heterocycles. The number of hydrogen-bond acceptors (Lipinski definition) is 2. The Bertz CT molecular complexity index is 482. The molecule has 2 saturated carbocycles. The van der Waals surface area contributed by atoms with E-state index in [1.165, 1.54) is 25.7 Å². The highest BCUT2D eigenvalue weighted by Crippen LogP contribution is 2.48. The van der Waals surface area contributed by atoms with Crippen molar-refractivity contribution >= 4 is 12.0 Å². The number of aldehydes is 1. The molecule has 0 aliphatic heterocycles. The first-order chi connectivity index (χ1) is 9.17. The lowest BCUT2D eigenvalue weighted by atomic mass is 9.88. The molecule has 3 rings (SSSR count). The Kier molecular flexibility index (Phi) is 3.34. The lowest BCUT2D eigenvalue weighted by Gasteiger charge is -2.29. The maximum atomic E-state index is 11.2. The molecule has 0 heterocycles. The third-order valence-electron chi connectivity index (χ3n) is 5.11. The molecule has 102 valence electrons. The van der Waals surface area contributed by atoms with Crippen LogP contribution in [0.3, 0.4) is 0 Å². The van der Waals surface area contributed by atoms with Crippen LogP contribution < -0.4 is 4.90 Å². The van der Waals surface area contributed by atoms with Crippen molar-refractivity contribution in [1.82, 2.24) is 0 Å². The molecule has 0 spiro atoms. The summed E-state index contributed by atoms with van der Waals surface area (Å²) in [5, 5.41) is 0. The normalized spacial score (nSPS) is 28.6. The average Bonchev–Trinajstić information content (AvgIpc) is 3.00. The van der Waals surface area contributed by atoms with Gasteiger partial charge in [0.25, 0.3) is 0 Å². The fraction of sp³-hybridized carbons (Fsp3) is 0.588. The zero-order valence-electron chi connectivity index (χ0n) is 11.9. The molecule has 2 aliphatic rings. The first-order valence-electron chi connectivity index (χ1n) is 7.44.